The molecule has 0 spiro atoms. The van der Waals surface area contributed by atoms with Crippen LogP contribution in [0, 0.1) is 0 Å². The van der Waals surface area contributed by atoms with Crippen molar-refractivity contribution in [2.45, 2.75) is 11.8 Å². The molecule has 2 rings (SSSR count). The number of benzene rings is 2. The quantitative estimate of drug-likeness (QED) is 0.482. The van der Waals surface area contributed by atoms with E-state index < -0.39 is 0 Å². The van der Waals surface area contributed by atoms with E-state index in [1.54, 1.807) is 25.0 Å². The van der Waals surface area contributed by atoms with E-state index in [0.717, 1.165) is 22.8 Å². The molecule has 0 aromatic heterocycles. The van der Waals surface area contributed by atoms with E-state index in [0.29, 0.717) is 0 Å². The Kier molecular flexibility index (Phi) is 6.74. The molecule has 0 aliphatic heterocycles. The Morgan fingerprint density at radius 1 is 0.909 bits per heavy atom. The van der Waals surface area contributed by atoms with Gasteiger partial charge in [-0.05, 0) is 35.4 Å². The number of ether oxygens (including phenoxy) is 2. The third-order valence-electron chi connectivity index (χ3n) is 3.06. The van der Waals surface area contributed by atoms with Crippen LogP contribution in [0.2, 0.25) is 0 Å². The zero-order chi connectivity index (χ0) is 15.8. The van der Waals surface area contributed by atoms with Gasteiger partial charge in [0.2, 0.25) is 0 Å². The van der Waals surface area contributed by atoms with Gasteiger partial charge in [0.1, 0.15) is 11.5 Å². The highest BCUT2D eigenvalue weighted by Gasteiger charge is 2.03. The smallest absolute Gasteiger partial charge is 0.120 e. The second-order valence-corrected chi connectivity index (χ2v) is 7.13. The topological polar surface area (TPSA) is 18.5 Å². The predicted molar refractivity (Wildman–Crippen MR) is 98.9 cm³/mol. The summed E-state index contributed by atoms with van der Waals surface area (Å²) in [5.74, 6) is 2.83. The molecule has 2 aromatic carbocycles. The van der Waals surface area contributed by atoms with E-state index >= 15 is 0 Å². The van der Waals surface area contributed by atoms with Gasteiger partial charge >= 0.3 is 0 Å². The predicted octanol–water partition coefficient (Wildman–Crippen LogP) is 5.63. The molecule has 0 unspecified atom stereocenters. The molecule has 0 radical (unpaired) electrons. The van der Waals surface area contributed by atoms with Gasteiger partial charge < -0.3 is 9.47 Å². The lowest BCUT2D eigenvalue weighted by atomic mass is 10.1. The molecule has 116 valence electrons. The first-order chi connectivity index (χ1) is 10.8. The molecule has 0 atom stereocenters. The molecule has 0 aliphatic carbocycles. The van der Waals surface area contributed by atoms with E-state index in [1.807, 2.05) is 41.1 Å². The van der Waals surface area contributed by atoms with Gasteiger partial charge in [0.05, 0.1) is 14.2 Å². The van der Waals surface area contributed by atoms with Crippen LogP contribution in [0.4, 0.5) is 0 Å². The monoisotopic (exact) mass is 332 g/mol. The minimum atomic E-state index is 0.872. The Morgan fingerprint density at radius 2 is 1.59 bits per heavy atom. The van der Waals surface area contributed by atoms with Crippen LogP contribution in [0.15, 0.2) is 47.4 Å². The molecule has 2 nitrogen and oxygen atoms in total. The highest BCUT2D eigenvalue weighted by Crippen LogP contribution is 2.36. The minimum absolute atomic E-state index is 0.872. The fourth-order valence-electron chi connectivity index (χ4n) is 1.87. The lowest BCUT2D eigenvalue weighted by Gasteiger charge is -2.07. The zero-order valence-electron chi connectivity index (χ0n) is 13.0. The van der Waals surface area contributed by atoms with Crippen LogP contribution >= 0.6 is 21.6 Å². The summed E-state index contributed by atoms with van der Waals surface area (Å²) in [7, 11) is 6.99. The van der Waals surface area contributed by atoms with Crippen molar-refractivity contribution in [1.29, 1.82) is 0 Å². The third-order valence-corrected chi connectivity index (χ3v) is 5.54. The van der Waals surface area contributed by atoms with Gasteiger partial charge in [-0.2, -0.15) is 0 Å². The zero-order valence-corrected chi connectivity index (χ0v) is 14.7. The Hall–Kier alpha value is -1.52. The van der Waals surface area contributed by atoms with Gasteiger partial charge in [-0.25, -0.2) is 0 Å². The largest absolute Gasteiger partial charge is 0.497 e. The summed E-state index contributed by atoms with van der Waals surface area (Å²) < 4.78 is 10.5. The highest BCUT2D eigenvalue weighted by atomic mass is 33.1. The highest BCUT2D eigenvalue weighted by molar-refractivity contribution is 8.76. The van der Waals surface area contributed by atoms with Crippen molar-refractivity contribution in [2.75, 3.05) is 20.0 Å². The van der Waals surface area contributed by atoms with Crippen molar-refractivity contribution in [2.24, 2.45) is 0 Å². The molecule has 0 N–H and O–H groups in total. The Labute approximate surface area is 140 Å². The molecule has 4 heteroatoms. The van der Waals surface area contributed by atoms with Crippen LogP contribution in [0.25, 0.3) is 12.2 Å². The summed E-state index contributed by atoms with van der Waals surface area (Å²) in [5.41, 5.74) is 2.35. The van der Waals surface area contributed by atoms with Crippen molar-refractivity contribution in [3.63, 3.8) is 0 Å². The van der Waals surface area contributed by atoms with Gasteiger partial charge in [-0.1, -0.05) is 58.9 Å². The van der Waals surface area contributed by atoms with Crippen molar-refractivity contribution in [1.82, 2.24) is 0 Å². The first kappa shape index (κ1) is 16.8. The first-order valence-electron chi connectivity index (χ1n) is 7.06. The van der Waals surface area contributed by atoms with E-state index in [9.17, 15) is 0 Å². The number of hydrogen-bond acceptors (Lipinski definition) is 4. The van der Waals surface area contributed by atoms with Gasteiger partial charge in [0.25, 0.3) is 0 Å². The van der Waals surface area contributed by atoms with Crippen LogP contribution in [0.3, 0.4) is 0 Å². The maximum atomic E-state index is 5.32. The van der Waals surface area contributed by atoms with Gasteiger partial charge in [-0.3, -0.25) is 0 Å². The third kappa shape index (κ3) is 4.75. The average molecular weight is 332 g/mol. The van der Waals surface area contributed by atoms with E-state index in [2.05, 4.69) is 31.2 Å². The van der Waals surface area contributed by atoms with E-state index in [-0.39, 0.29) is 0 Å². The van der Waals surface area contributed by atoms with Crippen molar-refractivity contribution in [3.8, 4) is 11.5 Å². The molecule has 0 saturated carbocycles. The Morgan fingerprint density at radius 3 is 2.23 bits per heavy atom. The summed E-state index contributed by atoms with van der Waals surface area (Å²) in [4.78, 5) is 1.22. The molecule has 0 heterocycles. The maximum Gasteiger partial charge on any atom is 0.120 e. The van der Waals surface area contributed by atoms with Crippen LogP contribution in [-0.4, -0.2) is 20.0 Å². The van der Waals surface area contributed by atoms with Crippen LogP contribution in [0.5, 0.6) is 11.5 Å². The van der Waals surface area contributed by atoms with Gasteiger partial charge in [0.15, 0.2) is 0 Å². The molecule has 0 saturated heterocycles. The summed E-state index contributed by atoms with van der Waals surface area (Å²) in [6, 6.07) is 14.2. The average Bonchev–Trinajstić information content (AvgIpc) is 2.58. The standard InChI is InChI=1S/C18H20O2S2/c1-4-21-22-18-13-17(20-3)12-9-15(18)8-5-14-6-10-16(19-2)11-7-14/h5-13H,4H2,1-3H3/b8-5-. The summed E-state index contributed by atoms with van der Waals surface area (Å²) in [6.45, 7) is 2.16. The second-order valence-electron chi connectivity index (χ2n) is 4.50. The van der Waals surface area contributed by atoms with Crippen molar-refractivity contribution in [3.05, 3.63) is 53.6 Å². The molecule has 0 fully saturated rings. The number of rotatable bonds is 7. The maximum absolute atomic E-state index is 5.32. The van der Waals surface area contributed by atoms with Crippen LogP contribution in [-0.2, 0) is 0 Å². The SMILES string of the molecule is CCSSc1cc(OC)ccc1/C=C\c1ccc(OC)cc1. The second kappa shape index (κ2) is 8.81. The minimum Gasteiger partial charge on any atom is -0.497 e. The fraction of sp³-hybridized carbons (Fsp3) is 0.222. The normalized spacial score (nSPS) is 10.9. The van der Waals surface area contributed by atoms with E-state index in [4.69, 9.17) is 9.47 Å². The summed E-state index contributed by atoms with van der Waals surface area (Å²) in [6.07, 6.45) is 4.25. The fourth-order valence-corrected chi connectivity index (χ4v) is 3.68. The molecule has 0 bridgehead atoms. The van der Waals surface area contributed by atoms with Crippen LogP contribution in [0.1, 0.15) is 18.1 Å². The molecule has 2 aromatic rings. The first-order valence-corrected chi connectivity index (χ1v) is 9.38. The van der Waals surface area contributed by atoms with Gasteiger partial charge in [-0.15, -0.1) is 0 Å². The van der Waals surface area contributed by atoms with Crippen molar-refractivity contribution >= 4 is 33.7 Å². The Balaban J connectivity index is 2.20. The summed E-state index contributed by atoms with van der Waals surface area (Å²) >= 11 is 0. The van der Waals surface area contributed by atoms with Crippen LogP contribution < -0.4 is 9.47 Å². The summed E-state index contributed by atoms with van der Waals surface area (Å²) in [5, 5.41) is 0. The molecular weight excluding hydrogens is 312 g/mol. The van der Waals surface area contributed by atoms with Gasteiger partial charge in [0, 0.05) is 10.6 Å². The molecule has 0 amide bonds. The number of methoxy groups -OCH3 is 2. The lowest BCUT2D eigenvalue weighted by Crippen LogP contribution is -1.85. The molecular formula is C18H20O2S2. The number of hydrogen-bond donors (Lipinski definition) is 0. The lowest BCUT2D eigenvalue weighted by molar-refractivity contribution is 0.413. The molecule has 0 aliphatic rings. The molecule has 22 heavy (non-hydrogen) atoms. The van der Waals surface area contributed by atoms with E-state index in [1.165, 1.54) is 10.5 Å². The van der Waals surface area contributed by atoms with Crippen molar-refractivity contribution < 1.29 is 9.47 Å². The Bertz CT molecular complexity index is 621.